The number of pyridine rings is 1. The van der Waals surface area contributed by atoms with E-state index in [0.29, 0.717) is 5.82 Å². The Kier molecular flexibility index (Phi) is 5.77. The van der Waals surface area contributed by atoms with Gasteiger partial charge in [0.05, 0.1) is 11.3 Å². The number of rotatable bonds is 3. The van der Waals surface area contributed by atoms with Crippen LogP contribution in [0.2, 0.25) is 0 Å². The predicted molar refractivity (Wildman–Crippen MR) is 120 cm³/mol. The standard InChI is InChI=1S/C23H25N7/c1-17-20(9-7-18-8-10-21(24)26-15-18)22(28-23(25)27-17)30-13-11-29(12-14-30)16-19-5-3-2-4-6-19/h2-6,8,10,15H,11-14,16H2,1H3,(H2,24,26)(H2,25,27,28). The van der Waals surface area contributed by atoms with E-state index in [1.165, 1.54) is 5.56 Å². The van der Waals surface area contributed by atoms with E-state index < -0.39 is 0 Å². The second-order valence-corrected chi connectivity index (χ2v) is 7.34. The summed E-state index contributed by atoms with van der Waals surface area (Å²) in [6.45, 7) is 6.50. The van der Waals surface area contributed by atoms with E-state index in [9.17, 15) is 0 Å². The molecule has 0 atom stereocenters. The average Bonchev–Trinajstić information content (AvgIpc) is 2.75. The Morgan fingerprint density at radius 1 is 0.933 bits per heavy atom. The molecule has 3 heterocycles. The number of nitrogens with two attached hydrogens (primary N) is 2. The van der Waals surface area contributed by atoms with Crippen molar-refractivity contribution in [1.29, 1.82) is 0 Å². The number of aromatic nitrogens is 3. The van der Waals surface area contributed by atoms with Crippen LogP contribution in [-0.2, 0) is 6.54 Å². The van der Waals surface area contributed by atoms with E-state index >= 15 is 0 Å². The van der Waals surface area contributed by atoms with Gasteiger partial charge < -0.3 is 16.4 Å². The third-order valence-corrected chi connectivity index (χ3v) is 5.13. The molecular formula is C23H25N7. The van der Waals surface area contributed by atoms with Gasteiger partial charge in [-0.1, -0.05) is 42.2 Å². The number of piperazine rings is 1. The number of nitrogen functional groups attached to an aromatic ring is 2. The zero-order valence-electron chi connectivity index (χ0n) is 17.0. The summed E-state index contributed by atoms with van der Waals surface area (Å²) >= 11 is 0. The van der Waals surface area contributed by atoms with Crippen molar-refractivity contribution < 1.29 is 0 Å². The molecule has 4 N–H and O–H groups in total. The van der Waals surface area contributed by atoms with E-state index in [2.05, 4.69) is 60.9 Å². The van der Waals surface area contributed by atoms with Crippen LogP contribution in [0.5, 0.6) is 0 Å². The van der Waals surface area contributed by atoms with Crippen LogP contribution in [0.1, 0.15) is 22.4 Å². The molecule has 0 amide bonds. The summed E-state index contributed by atoms with van der Waals surface area (Å²) in [6, 6.07) is 14.1. The monoisotopic (exact) mass is 399 g/mol. The second-order valence-electron chi connectivity index (χ2n) is 7.34. The lowest BCUT2D eigenvalue weighted by Gasteiger charge is -2.36. The first kappa shape index (κ1) is 19.7. The fraction of sp³-hybridized carbons (Fsp3) is 0.261. The van der Waals surface area contributed by atoms with E-state index in [0.717, 1.165) is 55.4 Å². The zero-order chi connectivity index (χ0) is 20.9. The van der Waals surface area contributed by atoms with Crippen molar-refractivity contribution in [1.82, 2.24) is 19.9 Å². The predicted octanol–water partition coefficient (Wildman–Crippen LogP) is 2.07. The molecule has 2 aromatic heterocycles. The van der Waals surface area contributed by atoms with E-state index in [1.807, 2.05) is 19.1 Å². The van der Waals surface area contributed by atoms with Crippen molar-refractivity contribution in [2.24, 2.45) is 0 Å². The molecular weight excluding hydrogens is 374 g/mol. The van der Waals surface area contributed by atoms with Crippen LogP contribution in [-0.4, -0.2) is 46.0 Å². The van der Waals surface area contributed by atoms with E-state index in [4.69, 9.17) is 11.5 Å². The molecule has 0 unspecified atom stereocenters. The molecule has 3 aromatic rings. The topological polar surface area (TPSA) is 97.2 Å². The number of nitrogens with zero attached hydrogens (tertiary/aromatic N) is 5. The first-order valence-electron chi connectivity index (χ1n) is 9.97. The third kappa shape index (κ3) is 4.67. The SMILES string of the molecule is Cc1nc(N)nc(N2CCN(Cc3ccccc3)CC2)c1C#Cc1ccc(N)nc1. The second kappa shape index (κ2) is 8.80. The fourth-order valence-electron chi connectivity index (χ4n) is 3.53. The highest BCUT2D eigenvalue weighted by Crippen LogP contribution is 2.23. The third-order valence-electron chi connectivity index (χ3n) is 5.13. The molecule has 1 saturated heterocycles. The Hall–Kier alpha value is -3.63. The molecule has 0 aliphatic carbocycles. The first-order valence-corrected chi connectivity index (χ1v) is 9.97. The Labute approximate surface area is 176 Å². The number of hydrogen-bond donors (Lipinski definition) is 2. The summed E-state index contributed by atoms with van der Waals surface area (Å²) in [5.41, 5.74) is 15.3. The Morgan fingerprint density at radius 2 is 1.70 bits per heavy atom. The van der Waals surface area contributed by atoms with Crippen molar-refractivity contribution >= 4 is 17.6 Å². The van der Waals surface area contributed by atoms with E-state index in [-0.39, 0.29) is 5.95 Å². The largest absolute Gasteiger partial charge is 0.384 e. The van der Waals surface area contributed by atoms with Crippen molar-refractivity contribution in [3.63, 3.8) is 0 Å². The maximum absolute atomic E-state index is 5.96. The van der Waals surface area contributed by atoms with E-state index in [1.54, 1.807) is 12.3 Å². The highest BCUT2D eigenvalue weighted by atomic mass is 15.3. The summed E-state index contributed by atoms with van der Waals surface area (Å²) < 4.78 is 0. The zero-order valence-corrected chi connectivity index (χ0v) is 17.0. The van der Waals surface area contributed by atoms with Gasteiger partial charge in [0.1, 0.15) is 11.6 Å². The van der Waals surface area contributed by atoms with Gasteiger partial charge in [0.2, 0.25) is 5.95 Å². The van der Waals surface area contributed by atoms with Crippen molar-refractivity contribution in [3.8, 4) is 11.8 Å². The lowest BCUT2D eigenvalue weighted by Crippen LogP contribution is -2.46. The Morgan fingerprint density at radius 3 is 2.40 bits per heavy atom. The maximum atomic E-state index is 5.96. The lowest BCUT2D eigenvalue weighted by atomic mass is 10.1. The highest BCUT2D eigenvalue weighted by molar-refractivity contribution is 5.61. The summed E-state index contributed by atoms with van der Waals surface area (Å²) in [7, 11) is 0. The molecule has 0 spiro atoms. The molecule has 7 heteroatoms. The molecule has 0 radical (unpaired) electrons. The van der Waals surface area contributed by atoms with Crippen LogP contribution >= 0.6 is 0 Å². The molecule has 7 nitrogen and oxygen atoms in total. The van der Waals surface area contributed by atoms with Gasteiger partial charge in [0.25, 0.3) is 0 Å². The lowest BCUT2D eigenvalue weighted by molar-refractivity contribution is 0.249. The highest BCUT2D eigenvalue weighted by Gasteiger charge is 2.22. The van der Waals surface area contributed by atoms with Crippen molar-refractivity contribution in [3.05, 3.63) is 71.0 Å². The molecule has 30 heavy (non-hydrogen) atoms. The number of aryl methyl sites for hydroxylation is 1. The molecule has 1 fully saturated rings. The summed E-state index contributed by atoms with van der Waals surface area (Å²) in [5.74, 6) is 7.92. The van der Waals surface area contributed by atoms with Gasteiger partial charge >= 0.3 is 0 Å². The van der Waals surface area contributed by atoms with Gasteiger partial charge in [-0.05, 0) is 24.6 Å². The number of anilines is 3. The van der Waals surface area contributed by atoms with Gasteiger partial charge in [0, 0.05) is 44.5 Å². The Balaban J connectivity index is 1.52. The molecule has 0 bridgehead atoms. The normalized spacial score (nSPS) is 14.2. The summed E-state index contributed by atoms with van der Waals surface area (Å²) in [5, 5.41) is 0. The molecule has 1 aliphatic rings. The summed E-state index contributed by atoms with van der Waals surface area (Å²) in [4.78, 5) is 17.6. The minimum absolute atomic E-state index is 0.272. The smallest absolute Gasteiger partial charge is 0.222 e. The van der Waals surface area contributed by atoms with Gasteiger partial charge in [-0.25, -0.2) is 9.97 Å². The molecule has 1 aliphatic heterocycles. The van der Waals surface area contributed by atoms with Crippen molar-refractivity contribution in [2.75, 3.05) is 42.5 Å². The number of hydrogen-bond acceptors (Lipinski definition) is 7. The molecule has 4 rings (SSSR count). The van der Waals surface area contributed by atoms with Crippen LogP contribution < -0.4 is 16.4 Å². The van der Waals surface area contributed by atoms with Crippen LogP contribution in [0.3, 0.4) is 0 Å². The molecule has 0 saturated carbocycles. The van der Waals surface area contributed by atoms with Crippen LogP contribution in [0.25, 0.3) is 0 Å². The average molecular weight is 400 g/mol. The Bertz CT molecular complexity index is 1060. The maximum Gasteiger partial charge on any atom is 0.222 e. The summed E-state index contributed by atoms with van der Waals surface area (Å²) in [6.07, 6.45) is 1.66. The molecule has 1 aromatic carbocycles. The van der Waals surface area contributed by atoms with Crippen molar-refractivity contribution in [2.45, 2.75) is 13.5 Å². The minimum Gasteiger partial charge on any atom is -0.384 e. The quantitative estimate of drug-likeness (QED) is 0.651. The molecule has 152 valence electrons. The van der Waals surface area contributed by atoms with Gasteiger partial charge in [-0.3, -0.25) is 4.90 Å². The van der Waals surface area contributed by atoms with Crippen LogP contribution in [0.4, 0.5) is 17.6 Å². The van der Waals surface area contributed by atoms with Gasteiger partial charge in [-0.2, -0.15) is 4.98 Å². The number of benzene rings is 1. The minimum atomic E-state index is 0.272. The van der Waals surface area contributed by atoms with Gasteiger partial charge in [-0.15, -0.1) is 0 Å². The fourth-order valence-corrected chi connectivity index (χ4v) is 3.53. The van der Waals surface area contributed by atoms with Crippen LogP contribution in [0, 0.1) is 18.8 Å². The van der Waals surface area contributed by atoms with Gasteiger partial charge in [0.15, 0.2) is 0 Å². The first-order chi connectivity index (χ1) is 14.6. The van der Waals surface area contributed by atoms with Crippen LogP contribution in [0.15, 0.2) is 48.7 Å².